The molecule has 1 fully saturated rings. The van der Waals surface area contributed by atoms with Crippen LogP contribution in [0.25, 0.3) is 0 Å². The van der Waals surface area contributed by atoms with Crippen molar-refractivity contribution < 1.29 is 9.59 Å². The van der Waals surface area contributed by atoms with Gasteiger partial charge in [0.25, 0.3) is 5.91 Å². The molecule has 0 saturated carbocycles. The molecule has 0 radical (unpaired) electrons. The average Bonchev–Trinajstić information content (AvgIpc) is 3.11. The Morgan fingerprint density at radius 1 is 0.926 bits per heavy atom. The quantitative estimate of drug-likeness (QED) is 0.905. The summed E-state index contributed by atoms with van der Waals surface area (Å²) < 4.78 is 0. The van der Waals surface area contributed by atoms with Crippen molar-refractivity contribution in [2.45, 2.75) is 44.1 Å². The third-order valence-electron chi connectivity index (χ3n) is 5.86. The van der Waals surface area contributed by atoms with Gasteiger partial charge in [-0.15, -0.1) is 0 Å². The zero-order chi connectivity index (χ0) is 18.6. The minimum atomic E-state index is 0.0861. The number of nitrogens with one attached hydrogen (secondary N) is 1. The van der Waals surface area contributed by atoms with Gasteiger partial charge in [-0.3, -0.25) is 9.59 Å². The van der Waals surface area contributed by atoms with Crippen LogP contribution in [0.2, 0.25) is 0 Å². The Hall–Kier alpha value is -2.62. The van der Waals surface area contributed by atoms with E-state index in [0.29, 0.717) is 25.4 Å². The fourth-order valence-electron chi connectivity index (χ4n) is 4.36. The zero-order valence-electron chi connectivity index (χ0n) is 15.6. The first kappa shape index (κ1) is 17.8. The van der Waals surface area contributed by atoms with Gasteiger partial charge < -0.3 is 10.2 Å². The molecule has 0 spiro atoms. The Morgan fingerprint density at radius 2 is 1.63 bits per heavy atom. The predicted octanol–water partition coefficient (Wildman–Crippen LogP) is 3.53. The van der Waals surface area contributed by atoms with Crippen LogP contribution < -0.4 is 5.32 Å². The lowest BCUT2D eigenvalue weighted by Crippen LogP contribution is -2.46. The van der Waals surface area contributed by atoms with Crippen LogP contribution in [0.3, 0.4) is 0 Å². The molecule has 2 amide bonds. The van der Waals surface area contributed by atoms with Gasteiger partial charge in [0.1, 0.15) is 0 Å². The van der Waals surface area contributed by atoms with Crippen LogP contribution in [0.1, 0.15) is 53.1 Å². The summed E-state index contributed by atoms with van der Waals surface area (Å²) in [5, 5.41) is 3.20. The lowest BCUT2D eigenvalue weighted by molar-refractivity contribution is -0.122. The van der Waals surface area contributed by atoms with E-state index in [0.717, 1.165) is 31.2 Å². The minimum absolute atomic E-state index is 0.0861. The third-order valence-corrected chi connectivity index (χ3v) is 5.86. The molecule has 1 heterocycles. The first-order valence-corrected chi connectivity index (χ1v) is 9.92. The summed E-state index contributed by atoms with van der Waals surface area (Å²) in [6, 6.07) is 18.1. The number of amides is 2. The molecule has 1 atom stereocenters. The minimum Gasteiger partial charge on any atom is -0.353 e. The van der Waals surface area contributed by atoms with E-state index in [1.807, 2.05) is 35.2 Å². The van der Waals surface area contributed by atoms with Gasteiger partial charge in [0.2, 0.25) is 5.91 Å². The molecule has 1 N–H and O–H groups in total. The number of carbonyl (C=O) groups excluding carboxylic acids is 2. The Kier molecular flexibility index (Phi) is 5.23. The molecule has 0 aromatic heterocycles. The van der Waals surface area contributed by atoms with Crippen molar-refractivity contribution in [2.24, 2.45) is 0 Å². The highest BCUT2D eigenvalue weighted by Crippen LogP contribution is 2.35. The molecule has 0 unspecified atom stereocenters. The highest BCUT2D eigenvalue weighted by Gasteiger charge is 2.27. The van der Waals surface area contributed by atoms with Crippen molar-refractivity contribution in [3.8, 4) is 0 Å². The summed E-state index contributed by atoms with van der Waals surface area (Å²) in [5.41, 5.74) is 3.47. The Morgan fingerprint density at radius 3 is 2.41 bits per heavy atom. The molecule has 2 aromatic carbocycles. The number of rotatable bonds is 4. The summed E-state index contributed by atoms with van der Waals surface area (Å²) >= 11 is 0. The lowest BCUT2D eigenvalue weighted by atomic mass is 9.96. The number of fused-ring (bicyclic) bond motifs is 1. The van der Waals surface area contributed by atoms with Gasteiger partial charge in [0.05, 0.1) is 0 Å². The van der Waals surface area contributed by atoms with Gasteiger partial charge in [-0.2, -0.15) is 0 Å². The number of likely N-dealkylation sites (tertiary alicyclic amines) is 1. The van der Waals surface area contributed by atoms with Crippen molar-refractivity contribution >= 4 is 11.8 Å². The summed E-state index contributed by atoms with van der Waals surface area (Å²) in [6.07, 6.45) is 4.36. The summed E-state index contributed by atoms with van der Waals surface area (Å²) in [7, 11) is 0. The second-order valence-corrected chi connectivity index (χ2v) is 7.64. The van der Waals surface area contributed by atoms with E-state index in [9.17, 15) is 9.59 Å². The molecule has 2 aromatic rings. The first-order valence-electron chi connectivity index (χ1n) is 9.92. The second-order valence-electron chi connectivity index (χ2n) is 7.64. The SMILES string of the molecule is O=C(C[C@@H]1CCc2ccccc21)NC1CCN(C(=O)c2ccccc2)CC1. The topological polar surface area (TPSA) is 49.4 Å². The van der Waals surface area contributed by atoms with E-state index in [1.165, 1.54) is 11.1 Å². The zero-order valence-corrected chi connectivity index (χ0v) is 15.6. The van der Waals surface area contributed by atoms with Gasteiger partial charge in [0.15, 0.2) is 0 Å². The molecule has 1 saturated heterocycles. The normalized spacial score (nSPS) is 19.6. The van der Waals surface area contributed by atoms with Gasteiger partial charge in [0, 0.05) is 31.1 Å². The van der Waals surface area contributed by atoms with Crippen molar-refractivity contribution in [1.29, 1.82) is 0 Å². The van der Waals surface area contributed by atoms with Crippen LogP contribution >= 0.6 is 0 Å². The van der Waals surface area contributed by atoms with Crippen LogP contribution in [0.15, 0.2) is 54.6 Å². The fourth-order valence-corrected chi connectivity index (χ4v) is 4.36. The van der Waals surface area contributed by atoms with Gasteiger partial charge >= 0.3 is 0 Å². The molecule has 1 aliphatic carbocycles. The van der Waals surface area contributed by atoms with Gasteiger partial charge in [-0.1, -0.05) is 42.5 Å². The van der Waals surface area contributed by atoms with Crippen molar-refractivity contribution in [1.82, 2.24) is 10.2 Å². The molecular formula is C23H26N2O2. The van der Waals surface area contributed by atoms with Crippen molar-refractivity contribution in [3.05, 3.63) is 71.3 Å². The van der Waals surface area contributed by atoms with E-state index in [-0.39, 0.29) is 17.9 Å². The van der Waals surface area contributed by atoms with Gasteiger partial charge in [-0.05, 0) is 54.9 Å². The van der Waals surface area contributed by atoms with Crippen LogP contribution in [-0.2, 0) is 11.2 Å². The van der Waals surface area contributed by atoms with E-state index in [4.69, 9.17) is 0 Å². The number of hydrogen-bond donors (Lipinski definition) is 1. The molecule has 4 heteroatoms. The number of carbonyl (C=O) groups is 2. The predicted molar refractivity (Wildman–Crippen MR) is 106 cm³/mol. The highest BCUT2D eigenvalue weighted by molar-refractivity contribution is 5.94. The Labute approximate surface area is 160 Å². The summed E-state index contributed by atoms with van der Waals surface area (Å²) in [6.45, 7) is 1.40. The molecule has 140 valence electrons. The number of aryl methyl sites for hydroxylation is 1. The smallest absolute Gasteiger partial charge is 0.253 e. The first-order chi connectivity index (χ1) is 13.2. The fraction of sp³-hybridized carbons (Fsp3) is 0.391. The molecule has 1 aliphatic heterocycles. The van der Waals surface area contributed by atoms with E-state index in [1.54, 1.807) is 0 Å². The third kappa shape index (κ3) is 4.05. The van der Waals surface area contributed by atoms with Crippen LogP contribution in [0, 0.1) is 0 Å². The monoisotopic (exact) mass is 362 g/mol. The molecule has 2 aliphatic rings. The average molecular weight is 362 g/mol. The lowest BCUT2D eigenvalue weighted by Gasteiger charge is -2.32. The molecule has 27 heavy (non-hydrogen) atoms. The number of hydrogen-bond acceptors (Lipinski definition) is 2. The Balaban J connectivity index is 1.26. The van der Waals surface area contributed by atoms with Crippen LogP contribution in [0.5, 0.6) is 0 Å². The maximum absolute atomic E-state index is 12.5. The summed E-state index contributed by atoms with van der Waals surface area (Å²) in [4.78, 5) is 26.9. The number of benzene rings is 2. The van der Waals surface area contributed by atoms with E-state index in [2.05, 4.69) is 29.6 Å². The molecule has 4 nitrogen and oxygen atoms in total. The van der Waals surface area contributed by atoms with E-state index >= 15 is 0 Å². The van der Waals surface area contributed by atoms with E-state index < -0.39 is 0 Å². The second kappa shape index (κ2) is 7.95. The summed E-state index contributed by atoms with van der Waals surface area (Å²) in [5.74, 6) is 0.577. The molecular weight excluding hydrogens is 336 g/mol. The standard InChI is InChI=1S/C23H26N2O2/c26-22(16-19-11-10-17-6-4-5-9-21(17)19)24-20-12-14-25(15-13-20)23(27)18-7-2-1-3-8-18/h1-9,19-20H,10-16H2,(H,24,26)/t19-/m0/s1. The molecule has 0 bridgehead atoms. The Bertz CT molecular complexity index is 810. The highest BCUT2D eigenvalue weighted by atomic mass is 16.2. The maximum atomic E-state index is 12.5. The number of piperidine rings is 1. The van der Waals surface area contributed by atoms with Crippen LogP contribution in [-0.4, -0.2) is 35.8 Å². The van der Waals surface area contributed by atoms with Crippen molar-refractivity contribution in [3.63, 3.8) is 0 Å². The number of nitrogens with zero attached hydrogens (tertiary/aromatic N) is 1. The maximum Gasteiger partial charge on any atom is 0.253 e. The van der Waals surface area contributed by atoms with Gasteiger partial charge in [-0.25, -0.2) is 0 Å². The van der Waals surface area contributed by atoms with Crippen LogP contribution in [0.4, 0.5) is 0 Å². The molecule has 4 rings (SSSR count). The van der Waals surface area contributed by atoms with Crippen molar-refractivity contribution in [2.75, 3.05) is 13.1 Å². The largest absolute Gasteiger partial charge is 0.353 e.